The van der Waals surface area contributed by atoms with Gasteiger partial charge in [-0.05, 0) is 33.3 Å². The first-order chi connectivity index (χ1) is 10.8. The molecule has 3 rings (SSSR count). The Kier molecular flexibility index (Phi) is 4.01. The average molecular weight is 335 g/mol. The van der Waals surface area contributed by atoms with Gasteiger partial charge in [0, 0.05) is 20.1 Å². The number of aryl methyl sites for hydroxylation is 2. The third-order valence-electron chi connectivity index (χ3n) is 4.30. The summed E-state index contributed by atoms with van der Waals surface area (Å²) in [4.78, 5) is 32.9. The van der Waals surface area contributed by atoms with Crippen LogP contribution in [0.15, 0.2) is 4.79 Å². The molecule has 2 aromatic heterocycles. The zero-order valence-electron chi connectivity index (χ0n) is 14.0. The first-order valence-electron chi connectivity index (χ1n) is 7.71. The van der Waals surface area contributed by atoms with Crippen LogP contribution < -0.4 is 5.56 Å². The van der Waals surface area contributed by atoms with E-state index in [1.54, 1.807) is 14.0 Å². The summed E-state index contributed by atoms with van der Waals surface area (Å²) in [5.41, 5.74) is 0.638. The number of thiophene rings is 1. The molecule has 0 spiro atoms. The Morgan fingerprint density at radius 3 is 2.48 bits per heavy atom. The lowest BCUT2D eigenvalue weighted by Crippen LogP contribution is -2.48. The van der Waals surface area contributed by atoms with E-state index in [2.05, 4.69) is 4.98 Å². The second-order valence-corrected chi connectivity index (χ2v) is 7.23. The molecule has 3 heterocycles. The van der Waals surface area contributed by atoms with Crippen LogP contribution in [0.5, 0.6) is 0 Å². The van der Waals surface area contributed by atoms with Crippen molar-refractivity contribution >= 4 is 27.5 Å². The van der Waals surface area contributed by atoms with Crippen molar-refractivity contribution in [1.29, 1.82) is 0 Å². The summed E-state index contributed by atoms with van der Waals surface area (Å²) in [5, 5.41) is 0.556. The van der Waals surface area contributed by atoms with Gasteiger partial charge in [0.2, 0.25) is 0 Å². The normalized spacial score (nSPS) is 21.9. The minimum Gasteiger partial charge on any atom is -0.372 e. The van der Waals surface area contributed by atoms with E-state index in [-0.39, 0.29) is 23.7 Å². The fourth-order valence-electron chi connectivity index (χ4n) is 3.06. The molecule has 0 saturated carbocycles. The van der Waals surface area contributed by atoms with Crippen molar-refractivity contribution < 1.29 is 9.53 Å². The number of morpholine rings is 1. The maximum absolute atomic E-state index is 12.9. The Morgan fingerprint density at radius 1 is 1.26 bits per heavy atom. The Hall–Kier alpha value is -1.73. The standard InChI is InChI=1S/C16H21N3O3S/c1-8-6-19(7-9(2)22-8)16(21)13-10(3)12-14(23-13)17-11(4)18(5)15(12)20/h8-9H,6-7H2,1-5H3/t8-,9-/m0/s1. The molecule has 23 heavy (non-hydrogen) atoms. The van der Waals surface area contributed by atoms with E-state index in [1.165, 1.54) is 15.9 Å². The fourth-order valence-corrected chi connectivity index (χ4v) is 4.24. The number of ether oxygens (including phenoxy) is 1. The highest BCUT2D eigenvalue weighted by Crippen LogP contribution is 2.29. The Balaban J connectivity index is 2.07. The molecule has 1 aliphatic rings. The van der Waals surface area contributed by atoms with E-state index in [0.29, 0.717) is 34.0 Å². The molecule has 0 bridgehead atoms. The maximum Gasteiger partial charge on any atom is 0.264 e. The number of amides is 1. The van der Waals surface area contributed by atoms with Gasteiger partial charge < -0.3 is 9.64 Å². The molecule has 1 amide bonds. The first kappa shape index (κ1) is 16.1. The van der Waals surface area contributed by atoms with Crippen molar-refractivity contribution in [1.82, 2.24) is 14.5 Å². The molecule has 0 N–H and O–H groups in total. The van der Waals surface area contributed by atoms with E-state index >= 15 is 0 Å². The van der Waals surface area contributed by atoms with Crippen molar-refractivity contribution in [2.24, 2.45) is 7.05 Å². The van der Waals surface area contributed by atoms with Crippen LogP contribution in [0.2, 0.25) is 0 Å². The molecule has 1 fully saturated rings. The second kappa shape index (κ2) is 5.72. The Morgan fingerprint density at radius 2 is 1.87 bits per heavy atom. The van der Waals surface area contributed by atoms with Crippen LogP contribution in [0.25, 0.3) is 10.2 Å². The maximum atomic E-state index is 12.9. The summed E-state index contributed by atoms with van der Waals surface area (Å²) in [6, 6.07) is 0. The lowest BCUT2D eigenvalue weighted by molar-refractivity contribution is -0.0585. The highest BCUT2D eigenvalue weighted by atomic mass is 32.1. The van der Waals surface area contributed by atoms with E-state index in [1.807, 2.05) is 25.7 Å². The molecule has 0 radical (unpaired) electrons. The molecule has 2 aromatic rings. The zero-order chi connectivity index (χ0) is 16.9. The van der Waals surface area contributed by atoms with Crippen molar-refractivity contribution in [3.8, 4) is 0 Å². The highest BCUT2D eigenvalue weighted by molar-refractivity contribution is 7.20. The molecule has 0 aromatic carbocycles. The monoisotopic (exact) mass is 335 g/mol. The molecule has 6 nitrogen and oxygen atoms in total. The SMILES string of the molecule is Cc1c(C(=O)N2C[C@H](C)O[C@@H](C)C2)sc2nc(C)n(C)c(=O)c12. The largest absolute Gasteiger partial charge is 0.372 e. The minimum absolute atomic E-state index is 0.0191. The van der Waals surface area contributed by atoms with Crippen molar-refractivity contribution in [2.45, 2.75) is 39.9 Å². The summed E-state index contributed by atoms with van der Waals surface area (Å²) >= 11 is 1.31. The van der Waals surface area contributed by atoms with Gasteiger partial charge in [-0.25, -0.2) is 4.98 Å². The van der Waals surface area contributed by atoms with E-state index < -0.39 is 0 Å². The molecular weight excluding hydrogens is 314 g/mol. The number of hydrogen-bond donors (Lipinski definition) is 0. The van der Waals surface area contributed by atoms with E-state index in [0.717, 1.165) is 5.56 Å². The van der Waals surface area contributed by atoms with Crippen LogP contribution in [0.1, 0.15) is 34.9 Å². The molecule has 0 unspecified atom stereocenters. The number of hydrogen-bond acceptors (Lipinski definition) is 5. The number of nitrogens with zero attached hydrogens (tertiary/aromatic N) is 3. The van der Waals surface area contributed by atoms with Crippen molar-refractivity contribution in [3.63, 3.8) is 0 Å². The van der Waals surface area contributed by atoms with E-state index in [9.17, 15) is 9.59 Å². The van der Waals surface area contributed by atoms with Gasteiger partial charge in [-0.15, -0.1) is 11.3 Å². The Labute approximate surface area is 138 Å². The van der Waals surface area contributed by atoms with Gasteiger partial charge in [0.1, 0.15) is 10.7 Å². The summed E-state index contributed by atoms with van der Waals surface area (Å²) in [7, 11) is 1.70. The molecule has 0 aliphatic carbocycles. The third kappa shape index (κ3) is 2.68. The van der Waals surface area contributed by atoms with Crippen LogP contribution >= 0.6 is 11.3 Å². The van der Waals surface area contributed by atoms with Gasteiger partial charge in [-0.3, -0.25) is 14.2 Å². The highest BCUT2D eigenvalue weighted by Gasteiger charge is 2.29. The summed E-state index contributed by atoms with van der Waals surface area (Å²) in [5.74, 6) is 0.614. The fraction of sp³-hybridized carbons (Fsp3) is 0.562. The molecule has 7 heteroatoms. The minimum atomic E-state index is -0.0935. The Bertz CT molecular complexity index is 829. The predicted octanol–water partition coefficient (Wildman–Crippen LogP) is 1.86. The van der Waals surface area contributed by atoms with Gasteiger partial charge in [-0.2, -0.15) is 0 Å². The summed E-state index contributed by atoms with van der Waals surface area (Å²) < 4.78 is 7.21. The van der Waals surface area contributed by atoms with Gasteiger partial charge in [0.15, 0.2) is 0 Å². The topological polar surface area (TPSA) is 64.4 Å². The first-order valence-corrected chi connectivity index (χ1v) is 8.52. The summed E-state index contributed by atoms with van der Waals surface area (Å²) in [6.07, 6.45) is 0.0382. The number of carbonyl (C=O) groups is 1. The second-order valence-electron chi connectivity index (χ2n) is 6.23. The van der Waals surface area contributed by atoms with Crippen LogP contribution in [0.4, 0.5) is 0 Å². The quantitative estimate of drug-likeness (QED) is 0.798. The van der Waals surface area contributed by atoms with E-state index in [4.69, 9.17) is 4.74 Å². The molecule has 124 valence electrons. The van der Waals surface area contributed by atoms with Crippen LogP contribution in [0, 0.1) is 13.8 Å². The molecule has 1 saturated heterocycles. The lowest BCUT2D eigenvalue weighted by atomic mass is 10.1. The summed E-state index contributed by atoms with van der Waals surface area (Å²) in [6.45, 7) is 8.70. The molecular formula is C16H21N3O3S. The average Bonchev–Trinajstić information content (AvgIpc) is 2.80. The van der Waals surface area contributed by atoms with Crippen LogP contribution in [-0.2, 0) is 11.8 Å². The number of aromatic nitrogens is 2. The molecule has 2 atom stereocenters. The van der Waals surface area contributed by atoms with Gasteiger partial charge in [0.05, 0.1) is 22.5 Å². The van der Waals surface area contributed by atoms with Gasteiger partial charge >= 0.3 is 0 Å². The molecule has 1 aliphatic heterocycles. The van der Waals surface area contributed by atoms with Gasteiger partial charge in [0.25, 0.3) is 11.5 Å². The number of rotatable bonds is 1. The van der Waals surface area contributed by atoms with Gasteiger partial charge in [-0.1, -0.05) is 0 Å². The lowest BCUT2D eigenvalue weighted by Gasteiger charge is -2.35. The predicted molar refractivity (Wildman–Crippen MR) is 90.2 cm³/mol. The smallest absolute Gasteiger partial charge is 0.264 e. The van der Waals surface area contributed by atoms with Crippen LogP contribution in [0.3, 0.4) is 0 Å². The van der Waals surface area contributed by atoms with Crippen molar-refractivity contribution in [2.75, 3.05) is 13.1 Å². The number of fused-ring (bicyclic) bond motifs is 1. The van der Waals surface area contributed by atoms with Crippen LogP contribution in [-0.4, -0.2) is 45.7 Å². The number of carbonyl (C=O) groups excluding carboxylic acids is 1. The van der Waals surface area contributed by atoms with Crippen molar-refractivity contribution in [3.05, 3.63) is 26.6 Å². The zero-order valence-corrected chi connectivity index (χ0v) is 14.9. The third-order valence-corrected chi connectivity index (χ3v) is 5.47.